The molecule has 2 aromatic carbocycles. The second kappa shape index (κ2) is 8.66. The number of nitrogens with zero attached hydrogens (tertiary/aromatic N) is 3. The molecular formula is C21H20FN5O2S. The predicted octanol–water partition coefficient (Wildman–Crippen LogP) is 3.71. The van der Waals surface area contributed by atoms with Crippen molar-refractivity contribution in [3.05, 3.63) is 66.0 Å². The molecule has 1 fully saturated rings. The molecule has 7 nitrogen and oxygen atoms in total. The lowest BCUT2D eigenvalue weighted by Crippen LogP contribution is -2.39. The second-order valence-electron chi connectivity index (χ2n) is 6.86. The van der Waals surface area contributed by atoms with Crippen LogP contribution in [0.25, 0.3) is 11.4 Å². The number of thioether (sulfide) groups is 1. The van der Waals surface area contributed by atoms with E-state index >= 15 is 0 Å². The summed E-state index contributed by atoms with van der Waals surface area (Å²) in [6.45, 7) is 0. The quantitative estimate of drug-likeness (QED) is 0.588. The summed E-state index contributed by atoms with van der Waals surface area (Å²) >= 11 is 1.19. The van der Waals surface area contributed by atoms with Crippen LogP contribution in [0.3, 0.4) is 0 Å². The molecule has 1 aliphatic carbocycles. The number of hydrogen-bond acceptors (Lipinski definition) is 5. The van der Waals surface area contributed by atoms with Gasteiger partial charge in [0.1, 0.15) is 11.1 Å². The third-order valence-electron chi connectivity index (χ3n) is 4.72. The van der Waals surface area contributed by atoms with E-state index in [-0.39, 0.29) is 11.9 Å². The Hall–Kier alpha value is -3.20. The van der Waals surface area contributed by atoms with Crippen LogP contribution < -0.4 is 10.6 Å². The van der Waals surface area contributed by atoms with Gasteiger partial charge >= 0.3 is 6.03 Å². The van der Waals surface area contributed by atoms with Gasteiger partial charge in [0.2, 0.25) is 5.91 Å². The van der Waals surface area contributed by atoms with E-state index in [4.69, 9.17) is 0 Å². The zero-order valence-electron chi connectivity index (χ0n) is 16.2. The molecule has 1 heterocycles. The number of carbonyl (C=O) groups excluding carboxylic acids is 2. The van der Waals surface area contributed by atoms with Crippen molar-refractivity contribution in [2.75, 3.05) is 7.05 Å². The van der Waals surface area contributed by atoms with Gasteiger partial charge in [-0.05, 0) is 30.5 Å². The van der Waals surface area contributed by atoms with Crippen LogP contribution in [0.5, 0.6) is 0 Å². The summed E-state index contributed by atoms with van der Waals surface area (Å²) in [5.41, 5.74) is 1.09. The monoisotopic (exact) mass is 425 g/mol. The second-order valence-corrected chi connectivity index (χ2v) is 7.94. The summed E-state index contributed by atoms with van der Waals surface area (Å²) in [5.74, 6) is -0.403. The lowest BCUT2D eigenvalue weighted by Gasteiger charge is -2.17. The first kappa shape index (κ1) is 20.1. The Morgan fingerprint density at radius 2 is 1.80 bits per heavy atom. The van der Waals surface area contributed by atoms with Gasteiger partial charge in [-0.1, -0.05) is 54.2 Å². The Labute approximate surface area is 177 Å². The largest absolute Gasteiger partial charge is 0.341 e. The Bertz CT molecular complexity index is 1070. The summed E-state index contributed by atoms with van der Waals surface area (Å²) in [6, 6.07) is 15.1. The minimum absolute atomic E-state index is 0.163. The Morgan fingerprint density at radius 3 is 2.47 bits per heavy atom. The van der Waals surface area contributed by atoms with Crippen molar-refractivity contribution in [3.8, 4) is 11.4 Å². The molecule has 9 heteroatoms. The van der Waals surface area contributed by atoms with Crippen LogP contribution in [0.4, 0.5) is 9.18 Å². The van der Waals surface area contributed by atoms with E-state index < -0.39 is 17.2 Å². The number of amides is 3. The van der Waals surface area contributed by atoms with Crippen molar-refractivity contribution in [3.63, 3.8) is 0 Å². The molecule has 0 radical (unpaired) electrons. The number of carbonyl (C=O) groups is 2. The van der Waals surface area contributed by atoms with Crippen molar-refractivity contribution >= 4 is 23.7 Å². The zero-order chi connectivity index (χ0) is 21.1. The molecule has 0 bridgehead atoms. The molecule has 0 saturated heterocycles. The molecule has 2 N–H and O–H groups in total. The first-order valence-corrected chi connectivity index (χ1v) is 10.4. The van der Waals surface area contributed by atoms with E-state index in [1.54, 1.807) is 18.2 Å². The fraction of sp³-hybridized carbons (Fsp3) is 0.238. The molecular weight excluding hydrogens is 405 g/mol. The predicted molar refractivity (Wildman–Crippen MR) is 111 cm³/mol. The van der Waals surface area contributed by atoms with Gasteiger partial charge in [-0.15, -0.1) is 10.2 Å². The van der Waals surface area contributed by atoms with Crippen molar-refractivity contribution in [1.29, 1.82) is 0 Å². The number of rotatable bonds is 6. The van der Waals surface area contributed by atoms with Crippen molar-refractivity contribution < 1.29 is 14.0 Å². The van der Waals surface area contributed by atoms with E-state index in [1.165, 1.54) is 24.9 Å². The molecule has 1 unspecified atom stereocenters. The van der Waals surface area contributed by atoms with Gasteiger partial charge in [-0.2, -0.15) is 0 Å². The number of imide groups is 1. The van der Waals surface area contributed by atoms with E-state index in [1.807, 2.05) is 34.9 Å². The Kier molecular flexibility index (Phi) is 5.80. The summed E-state index contributed by atoms with van der Waals surface area (Å²) in [6.07, 6.45) is 1.88. The molecule has 4 rings (SSSR count). The number of aromatic nitrogens is 3. The van der Waals surface area contributed by atoms with Gasteiger partial charge in [-0.3, -0.25) is 14.7 Å². The van der Waals surface area contributed by atoms with Crippen molar-refractivity contribution in [2.24, 2.45) is 0 Å². The summed E-state index contributed by atoms with van der Waals surface area (Å²) in [5, 5.41) is 13.0. The summed E-state index contributed by atoms with van der Waals surface area (Å²) < 4.78 is 16.3. The van der Waals surface area contributed by atoms with Crippen LogP contribution in [0, 0.1) is 5.82 Å². The van der Waals surface area contributed by atoms with Gasteiger partial charge in [0.05, 0.1) is 5.56 Å². The summed E-state index contributed by atoms with van der Waals surface area (Å²) in [4.78, 5) is 24.5. The molecule has 0 spiro atoms. The van der Waals surface area contributed by atoms with Crippen LogP contribution in [0.2, 0.25) is 0 Å². The number of benzene rings is 2. The maximum Gasteiger partial charge on any atom is 0.321 e. The fourth-order valence-electron chi connectivity index (χ4n) is 3.09. The van der Waals surface area contributed by atoms with Crippen LogP contribution >= 0.6 is 11.8 Å². The highest BCUT2D eigenvalue weighted by molar-refractivity contribution is 8.00. The van der Waals surface area contributed by atoms with Crippen LogP contribution in [0.1, 0.15) is 29.7 Å². The van der Waals surface area contributed by atoms with E-state index in [2.05, 4.69) is 20.8 Å². The normalized spacial score (nSPS) is 14.2. The highest BCUT2D eigenvalue weighted by Crippen LogP contribution is 2.44. The maximum absolute atomic E-state index is 14.4. The van der Waals surface area contributed by atoms with Gasteiger partial charge in [-0.25, -0.2) is 9.18 Å². The average Bonchev–Trinajstić information content (AvgIpc) is 3.52. The first-order chi connectivity index (χ1) is 14.6. The van der Waals surface area contributed by atoms with Gasteiger partial charge in [0, 0.05) is 13.1 Å². The van der Waals surface area contributed by atoms with Gasteiger partial charge in [0.15, 0.2) is 11.0 Å². The molecule has 0 aliphatic heterocycles. The molecule has 1 atom stereocenters. The highest BCUT2D eigenvalue weighted by atomic mass is 32.2. The standard InChI is InChI=1S/C21H20FN5O2S/c1-23-20(29)24-19(28)17(13-7-3-2-4-8-13)30-21-26-25-18(27(21)14-11-12-14)15-9-5-6-10-16(15)22/h2-10,14,17H,11-12H2,1H3,(H2,23,24,28,29). The lowest BCUT2D eigenvalue weighted by atomic mass is 10.1. The molecule has 154 valence electrons. The van der Waals surface area contributed by atoms with Crippen LogP contribution in [-0.2, 0) is 4.79 Å². The minimum Gasteiger partial charge on any atom is -0.341 e. The molecule has 3 amide bonds. The molecule has 1 saturated carbocycles. The molecule has 1 aliphatic rings. The van der Waals surface area contributed by atoms with E-state index in [9.17, 15) is 14.0 Å². The van der Waals surface area contributed by atoms with E-state index in [0.717, 1.165) is 18.4 Å². The zero-order valence-corrected chi connectivity index (χ0v) is 17.0. The third kappa shape index (κ3) is 4.20. The maximum atomic E-state index is 14.4. The van der Waals surface area contributed by atoms with E-state index in [0.29, 0.717) is 16.5 Å². The first-order valence-electron chi connectivity index (χ1n) is 9.52. The molecule has 3 aromatic rings. The smallest absolute Gasteiger partial charge is 0.321 e. The third-order valence-corrected chi connectivity index (χ3v) is 5.93. The SMILES string of the molecule is CNC(=O)NC(=O)C(Sc1nnc(-c2ccccc2F)n1C1CC1)c1ccccc1. The van der Waals surface area contributed by atoms with Crippen molar-refractivity contribution in [2.45, 2.75) is 29.3 Å². The topological polar surface area (TPSA) is 88.9 Å². The fourth-order valence-corrected chi connectivity index (χ4v) is 4.20. The number of nitrogens with one attached hydrogen (secondary N) is 2. The summed E-state index contributed by atoms with van der Waals surface area (Å²) in [7, 11) is 1.44. The minimum atomic E-state index is -0.723. The Balaban J connectivity index is 1.71. The van der Waals surface area contributed by atoms with Crippen LogP contribution in [-0.4, -0.2) is 33.8 Å². The highest BCUT2D eigenvalue weighted by Gasteiger charge is 2.33. The van der Waals surface area contributed by atoms with Gasteiger partial charge in [0.25, 0.3) is 0 Å². The average molecular weight is 425 g/mol. The number of urea groups is 1. The van der Waals surface area contributed by atoms with Crippen molar-refractivity contribution in [1.82, 2.24) is 25.4 Å². The Morgan fingerprint density at radius 1 is 1.10 bits per heavy atom. The van der Waals surface area contributed by atoms with Gasteiger partial charge < -0.3 is 5.32 Å². The number of halogens is 1. The lowest BCUT2D eigenvalue weighted by molar-refractivity contribution is -0.119. The van der Waals surface area contributed by atoms with Crippen LogP contribution in [0.15, 0.2) is 59.8 Å². The number of hydrogen-bond donors (Lipinski definition) is 2. The molecule has 1 aromatic heterocycles. The molecule has 30 heavy (non-hydrogen) atoms.